The summed E-state index contributed by atoms with van der Waals surface area (Å²) in [6, 6.07) is 10.3. The summed E-state index contributed by atoms with van der Waals surface area (Å²) in [6.07, 6.45) is 4.21. The summed E-state index contributed by atoms with van der Waals surface area (Å²) < 4.78 is 6.35. The molecule has 0 unspecified atom stereocenters. The molecule has 0 spiro atoms. The highest BCUT2D eigenvalue weighted by Crippen LogP contribution is 2.51. The Balaban J connectivity index is 1.38. The van der Waals surface area contributed by atoms with Crippen LogP contribution in [0, 0.1) is 37.5 Å². The predicted octanol–water partition coefficient (Wildman–Crippen LogP) is 4.05. The summed E-state index contributed by atoms with van der Waals surface area (Å²) in [4.78, 5) is 28.6. The molecule has 2 heterocycles. The molecule has 2 aromatic rings. The number of carbonyl (C=O) groups is 2. The fourth-order valence-corrected chi connectivity index (χ4v) is 6.83. The molecule has 2 fully saturated rings. The van der Waals surface area contributed by atoms with Gasteiger partial charge in [0.15, 0.2) is 0 Å². The van der Waals surface area contributed by atoms with Crippen molar-refractivity contribution in [3.05, 3.63) is 69.8 Å². The average molecular weight is 543 g/mol. The van der Waals surface area contributed by atoms with E-state index in [2.05, 4.69) is 26.8 Å². The van der Waals surface area contributed by atoms with Crippen molar-refractivity contribution in [2.24, 2.45) is 23.7 Å². The van der Waals surface area contributed by atoms with E-state index in [1.165, 1.54) is 27.7 Å². The fraction of sp³-hybridized carbons (Fsp3) is 0.438. The number of hydrogen-bond donors (Lipinski definition) is 3. The summed E-state index contributed by atoms with van der Waals surface area (Å²) in [6.45, 7) is 10.6. The van der Waals surface area contributed by atoms with Crippen molar-refractivity contribution in [3.8, 4) is 5.75 Å². The number of fused-ring (bicyclic) bond motifs is 3. The van der Waals surface area contributed by atoms with Crippen molar-refractivity contribution >= 4 is 36.2 Å². The second-order valence-electron chi connectivity index (χ2n) is 11.9. The number of benzene rings is 2. The van der Waals surface area contributed by atoms with E-state index in [1.807, 2.05) is 26.0 Å². The first-order chi connectivity index (χ1) is 19.0. The van der Waals surface area contributed by atoms with Crippen molar-refractivity contribution in [2.45, 2.75) is 60.0 Å². The minimum atomic E-state index is -1.68. The van der Waals surface area contributed by atoms with E-state index in [4.69, 9.17) is 4.74 Å². The molecule has 40 heavy (non-hydrogen) atoms. The maximum atomic E-state index is 13.8. The normalized spacial score (nSPS) is 24.7. The summed E-state index contributed by atoms with van der Waals surface area (Å²) >= 11 is 0. The second kappa shape index (κ2) is 11.0. The predicted molar refractivity (Wildman–Crippen MR) is 156 cm³/mol. The maximum absolute atomic E-state index is 13.8. The highest BCUT2D eigenvalue weighted by atomic mass is 16.5. The van der Waals surface area contributed by atoms with Crippen LogP contribution in [0.15, 0.2) is 53.1 Å². The minimum Gasteiger partial charge on any atom is -0.507 e. The van der Waals surface area contributed by atoms with Gasteiger partial charge in [0.1, 0.15) is 5.75 Å². The second-order valence-corrected chi connectivity index (χ2v) is 11.9. The van der Waals surface area contributed by atoms with Crippen molar-refractivity contribution in [2.75, 3.05) is 11.5 Å². The lowest BCUT2D eigenvalue weighted by atomic mass is 9.67. The van der Waals surface area contributed by atoms with Crippen LogP contribution < -0.4 is 10.4 Å². The van der Waals surface area contributed by atoms with Crippen molar-refractivity contribution in [3.63, 3.8) is 0 Å². The zero-order chi connectivity index (χ0) is 28.9. The molecule has 0 saturated carbocycles. The third kappa shape index (κ3) is 5.04. The van der Waals surface area contributed by atoms with E-state index in [1.54, 1.807) is 18.2 Å². The quantitative estimate of drug-likeness (QED) is 0.277. The van der Waals surface area contributed by atoms with Crippen LogP contribution in [0.4, 0.5) is 5.69 Å². The number of aromatic hydroxyl groups is 1. The fourth-order valence-electron chi connectivity index (χ4n) is 6.83. The van der Waals surface area contributed by atoms with Gasteiger partial charge in [-0.2, -0.15) is 0 Å². The first-order valence-corrected chi connectivity index (χ1v) is 14.1. The van der Waals surface area contributed by atoms with Gasteiger partial charge in [-0.15, -0.1) is 0 Å². The first kappa shape index (κ1) is 28.3. The molecule has 0 radical (unpaired) electrons. The number of amides is 2. The molecule has 1 aliphatic carbocycles. The Kier molecular flexibility index (Phi) is 7.79. The molecule has 2 saturated heterocycles. The lowest BCUT2D eigenvalue weighted by Crippen LogP contribution is -2.36. The van der Waals surface area contributed by atoms with E-state index in [-0.39, 0.29) is 35.2 Å². The number of hydrogen-bond acceptors (Lipinski definition) is 6. The summed E-state index contributed by atoms with van der Waals surface area (Å²) in [5.74, 6) is -0.945. The monoisotopic (exact) mass is 543 g/mol. The zero-order valence-electron chi connectivity index (χ0n) is 23.8. The molecule has 7 nitrogen and oxygen atoms in total. The summed E-state index contributed by atoms with van der Waals surface area (Å²) in [7, 11) is -1.68. The smallest absolute Gasteiger partial charge is 0.488 e. The third-order valence-corrected chi connectivity index (χ3v) is 8.79. The van der Waals surface area contributed by atoms with Crippen molar-refractivity contribution in [1.82, 2.24) is 0 Å². The topological polar surface area (TPSA) is 107 Å². The van der Waals surface area contributed by atoms with Crippen LogP contribution in [0.25, 0.3) is 6.08 Å². The number of aryl methyl sites for hydroxylation is 2. The van der Waals surface area contributed by atoms with Crippen LogP contribution in [0.5, 0.6) is 5.75 Å². The van der Waals surface area contributed by atoms with Crippen LogP contribution in [0.2, 0.25) is 0 Å². The third-order valence-electron chi connectivity index (χ3n) is 8.79. The maximum Gasteiger partial charge on any atom is 0.488 e. The van der Waals surface area contributed by atoms with E-state index in [9.17, 15) is 24.7 Å². The minimum absolute atomic E-state index is 0.0974. The summed E-state index contributed by atoms with van der Waals surface area (Å²) in [5, 5.41) is 29.3. The lowest BCUT2D eigenvalue weighted by Gasteiger charge is -2.33. The molecule has 3 aliphatic rings. The number of allylic oxidation sites excluding steroid dienone is 2. The number of ether oxygens (including phenoxy) is 1. The molecule has 4 atom stereocenters. The van der Waals surface area contributed by atoms with Gasteiger partial charge < -0.3 is 19.9 Å². The molecule has 2 amide bonds. The Labute approximate surface area is 236 Å². The van der Waals surface area contributed by atoms with E-state index in [0.717, 1.165) is 29.5 Å². The molecule has 0 aromatic heterocycles. The number of rotatable bonds is 7. The highest BCUT2D eigenvalue weighted by molar-refractivity contribution is 6.58. The average Bonchev–Trinajstić information content (AvgIpc) is 3.43. The number of phenols is 1. The number of imide groups is 1. The molecule has 8 heteroatoms. The Hall–Kier alpha value is -3.20. The largest absolute Gasteiger partial charge is 0.507 e. The van der Waals surface area contributed by atoms with Crippen LogP contribution in [-0.4, -0.2) is 46.8 Å². The van der Waals surface area contributed by atoms with Crippen molar-refractivity contribution in [1.29, 1.82) is 0 Å². The molecular weight excluding hydrogens is 505 g/mol. The lowest BCUT2D eigenvalue weighted by molar-refractivity contribution is -0.122. The molecule has 2 aromatic carbocycles. The van der Waals surface area contributed by atoms with Gasteiger partial charge in [0.2, 0.25) is 11.8 Å². The van der Waals surface area contributed by atoms with Gasteiger partial charge in [-0.1, -0.05) is 43.2 Å². The Morgan fingerprint density at radius 3 is 2.45 bits per heavy atom. The Morgan fingerprint density at radius 2 is 1.80 bits per heavy atom. The van der Waals surface area contributed by atoms with Gasteiger partial charge in [0.25, 0.3) is 0 Å². The van der Waals surface area contributed by atoms with Gasteiger partial charge in [-0.25, -0.2) is 0 Å². The first-order valence-electron chi connectivity index (χ1n) is 14.1. The molecule has 5 rings (SSSR count). The Bertz CT molecular complexity index is 1390. The van der Waals surface area contributed by atoms with Crippen LogP contribution >= 0.6 is 0 Å². The van der Waals surface area contributed by atoms with Crippen molar-refractivity contribution < 1.29 is 29.5 Å². The molecule has 3 N–H and O–H groups in total. The van der Waals surface area contributed by atoms with E-state index < -0.39 is 19.0 Å². The summed E-state index contributed by atoms with van der Waals surface area (Å²) in [5.41, 5.74) is 7.01. The van der Waals surface area contributed by atoms with Gasteiger partial charge in [-0.3, -0.25) is 14.5 Å². The van der Waals surface area contributed by atoms with Gasteiger partial charge in [0.05, 0.1) is 30.2 Å². The number of nitrogens with zero attached hydrogens (tertiary/aromatic N) is 1. The molecule has 0 bridgehead atoms. The van der Waals surface area contributed by atoms with Crippen LogP contribution in [0.1, 0.15) is 56.7 Å². The number of anilines is 1. The van der Waals surface area contributed by atoms with E-state index >= 15 is 0 Å². The Morgan fingerprint density at radius 1 is 1.10 bits per heavy atom. The van der Waals surface area contributed by atoms with Gasteiger partial charge in [0, 0.05) is 5.92 Å². The number of carbonyl (C=O) groups excluding carboxylic acids is 2. The van der Waals surface area contributed by atoms with Gasteiger partial charge in [-0.05, 0) is 97.9 Å². The van der Waals surface area contributed by atoms with Crippen LogP contribution in [0.3, 0.4) is 0 Å². The zero-order valence-corrected chi connectivity index (χ0v) is 23.8. The molecule has 210 valence electrons. The van der Waals surface area contributed by atoms with Crippen LogP contribution in [-0.2, 0) is 14.3 Å². The standard InChI is InChI=1S/C32H38BNO6/c1-17(2)24-15-25-29(32(37)34(31(25)36)23-8-6-7-22(14-23)33(38)39)26-16-40-27(28(24)26)10-9-18(3)11-21-12-19(4)30(35)20(5)13-21/h6-8,11-14,17,25-27,29,35,38-39H,9-10,15-16H2,1-5H3/b18-11+/t25-,26+,27-,29-/m1/s1. The van der Waals surface area contributed by atoms with E-state index in [0.29, 0.717) is 24.5 Å². The van der Waals surface area contributed by atoms with Gasteiger partial charge >= 0.3 is 7.12 Å². The molecule has 2 aliphatic heterocycles. The SMILES string of the molecule is C/C(=C\c1cc(C)c(O)c(C)c1)CC[C@H]1OC[C@H]2C1=C(C(C)C)C[C@H]1C(=O)N(c3cccc(B(O)O)c3)C(=O)[C@H]12. The molecular formula is C32H38BNO6. The number of phenolic OH excluding ortho intramolecular Hbond substituents is 1. The highest BCUT2D eigenvalue weighted by Gasteiger charge is 2.57.